The van der Waals surface area contributed by atoms with Crippen molar-refractivity contribution in [1.82, 2.24) is 0 Å². The first-order valence-corrected chi connectivity index (χ1v) is 7.15. The molecule has 3 nitrogen and oxygen atoms in total. The molecule has 0 atom stereocenters. The minimum atomic E-state index is -0.322. The Morgan fingerprint density at radius 1 is 1.35 bits per heavy atom. The van der Waals surface area contributed by atoms with Crippen molar-refractivity contribution in [2.45, 2.75) is 40.0 Å². The molecule has 0 spiro atoms. The van der Waals surface area contributed by atoms with E-state index in [1.54, 1.807) is 17.0 Å². The summed E-state index contributed by atoms with van der Waals surface area (Å²) in [5, 5.41) is 0. The topological polar surface area (TPSA) is 46.3 Å². The minimum Gasteiger partial charge on any atom is -0.330 e. The summed E-state index contributed by atoms with van der Waals surface area (Å²) >= 11 is 0. The third-order valence-corrected chi connectivity index (χ3v) is 3.57. The number of carbonyl (C=O) groups excluding carboxylic acids is 1. The van der Waals surface area contributed by atoms with Crippen molar-refractivity contribution < 1.29 is 9.18 Å². The monoisotopic (exact) mass is 280 g/mol. The van der Waals surface area contributed by atoms with E-state index in [-0.39, 0.29) is 17.1 Å². The van der Waals surface area contributed by atoms with Crippen LogP contribution in [0.1, 0.15) is 40.0 Å². The van der Waals surface area contributed by atoms with Gasteiger partial charge in [-0.15, -0.1) is 0 Å². The first-order valence-electron chi connectivity index (χ1n) is 7.15. The number of halogens is 1. The maximum atomic E-state index is 13.3. The number of hydrogen-bond donors (Lipinski definition) is 1. The lowest BCUT2D eigenvalue weighted by atomic mass is 9.84. The molecule has 0 aromatic heterocycles. The zero-order valence-corrected chi connectivity index (χ0v) is 12.7. The average Bonchev–Trinajstić information content (AvgIpc) is 2.37. The van der Waals surface area contributed by atoms with Gasteiger partial charge < -0.3 is 10.6 Å². The van der Waals surface area contributed by atoms with Gasteiger partial charge in [-0.1, -0.05) is 19.9 Å². The van der Waals surface area contributed by atoms with Crippen LogP contribution in [0, 0.1) is 11.2 Å². The highest BCUT2D eigenvalue weighted by atomic mass is 19.1. The summed E-state index contributed by atoms with van der Waals surface area (Å²) in [6.45, 7) is 7.30. The van der Waals surface area contributed by atoms with Gasteiger partial charge in [-0.2, -0.15) is 0 Å². The van der Waals surface area contributed by atoms with Gasteiger partial charge in [0, 0.05) is 18.7 Å². The zero-order valence-electron chi connectivity index (χ0n) is 12.7. The van der Waals surface area contributed by atoms with Crippen molar-refractivity contribution in [3.05, 3.63) is 30.1 Å². The molecule has 0 bridgehead atoms. The molecule has 0 saturated carbocycles. The summed E-state index contributed by atoms with van der Waals surface area (Å²) in [4.78, 5) is 13.9. The van der Waals surface area contributed by atoms with Crippen LogP contribution in [0.25, 0.3) is 0 Å². The van der Waals surface area contributed by atoms with Crippen LogP contribution in [0.4, 0.5) is 10.1 Å². The molecule has 0 aliphatic heterocycles. The summed E-state index contributed by atoms with van der Waals surface area (Å²) in [6.07, 6.45) is 2.14. The molecule has 1 aromatic carbocycles. The summed E-state index contributed by atoms with van der Waals surface area (Å²) in [6, 6.07) is 6.16. The highest BCUT2D eigenvalue weighted by Gasteiger charge is 2.21. The summed E-state index contributed by atoms with van der Waals surface area (Å²) < 4.78 is 13.3. The predicted molar refractivity (Wildman–Crippen MR) is 81.1 cm³/mol. The third-order valence-electron chi connectivity index (χ3n) is 3.57. The fraction of sp³-hybridized carbons (Fsp3) is 0.562. The van der Waals surface area contributed by atoms with Crippen molar-refractivity contribution in [2.24, 2.45) is 11.1 Å². The van der Waals surface area contributed by atoms with Crippen LogP contribution in [0.2, 0.25) is 0 Å². The predicted octanol–water partition coefficient (Wildman–Crippen LogP) is 3.33. The van der Waals surface area contributed by atoms with Crippen molar-refractivity contribution in [1.29, 1.82) is 0 Å². The summed E-state index contributed by atoms with van der Waals surface area (Å²) in [7, 11) is 0. The van der Waals surface area contributed by atoms with Gasteiger partial charge in [0.25, 0.3) is 0 Å². The quantitative estimate of drug-likeness (QED) is 0.832. The van der Waals surface area contributed by atoms with E-state index in [1.807, 2.05) is 6.92 Å². The molecule has 0 aliphatic rings. The molecule has 4 heteroatoms. The number of carbonyl (C=O) groups is 1. The van der Waals surface area contributed by atoms with Gasteiger partial charge in [-0.25, -0.2) is 4.39 Å². The van der Waals surface area contributed by atoms with Crippen LogP contribution in [0.5, 0.6) is 0 Å². The zero-order chi connectivity index (χ0) is 15.2. The van der Waals surface area contributed by atoms with E-state index in [9.17, 15) is 9.18 Å². The Morgan fingerprint density at radius 3 is 2.60 bits per heavy atom. The lowest BCUT2D eigenvalue weighted by Gasteiger charge is -2.26. The van der Waals surface area contributed by atoms with Crippen LogP contribution in [-0.4, -0.2) is 19.0 Å². The molecule has 0 radical (unpaired) electrons. The highest BCUT2D eigenvalue weighted by Crippen LogP contribution is 2.27. The molecular weight excluding hydrogens is 255 g/mol. The van der Waals surface area contributed by atoms with E-state index in [2.05, 4.69) is 13.8 Å². The molecule has 2 N–H and O–H groups in total. The third kappa shape index (κ3) is 4.93. The van der Waals surface area contributed by atoms with Gasteiger partial charge >= 0.3 is 0 Å². The number of benzene rings is 1. The Bertz CT molecular complexity index is 446. The SMILES string of the molecule is CCN(C(=O)CCC(C)(C)CCN)c1cccc(F)c1. The number of nitrogens with two attached hydrogens (primary N) is 1. The molecule has 0 heterocycles. The van der Waals surface area contributed by atoms with E-state index in [0.717, 1.165) is 12.8 Å². The molecule has 20 heavy (non-hydrogen) atoms. The molecule has 1 rings (SSSR count). The molecule has 112 valence electrons. The van der Waals surface area contributed by atoms with Crippen LogP contribution in [0.3, 0.4) is 0 Å². The maximum absolute atomic E-state index is 13.3. The van der Waals surface area contributed by atoms with E-state index in [1.165, 1.54) is 12.1 Å². The number of rotatable bonds is 7. The van der Waals surface area contributed by atoms with Gasteiger partial charge in [0.05, 0.1) is 0 Å². The summed E-state index contributed by atoms with van der Waals surface area (Å²) in [5.74, 6) is -0.291. The van der Waals surface area contributed by atoms with Crippen LogP contribution in [0.15, 0.2) is 24.3 Å². The second kappa shape index (κ2) is 7.39. The van der Waals surface area contributed by atoms with Gasteiger partial charge in [-0.3, -0.25) is 4.79 Å². The fourth-order valence-electron chi connectivity index (χ4n) is 2.24. The maximum Gasteiger partial charge on any atom is 0.226 e. The number of hydrogen-bond acceptors (Lipinski definition) is 2. The first-order chi connectivity index (χ1) is 9.39. The van der Waals surface area contributed by atoms with Crippen molar-refractivity contribution in [3.8, 4) is 0 Å². The van der Waals surface area contributed by atoms with Crippen LogP contribution in [-0.2, 0) is 4.79 Å². The lowest BCUT2D eigenvalue weighted by molar-refractivity contribution is -0.119. The lowest BCUT2D eigenvalue weighted by Crippen LogP contribution is -2.31. The second-order valence-electron chi connectivity index (χ2n) is 5.82. The average molecular weight is 280 g/mol. The van der Waals surface area contributed by atoms with Crippen LogP contribution < -0.4 is 10.6 Å². The van der Waals surface area contributed by atoms with E-state index < -0.39 is 0 Å². The highest BCUT2D eigenvalue weighted by molar-refractivity contribution is 5.93. The molecular formula is C16H25FN2O. The van der Waals surface area contributed by atoms with E-state index in [0.29, 0.717) is 25.2 Å². The van der Waals surface area contributed by atoms with E-state index in [4.69, 9.17) is 5.73 Å². The van der Waals surface area contributed by atoms with Gasteiger partial charge in [0.1, 0.15) is 5.82 Å². The molecule has 0 saturated heterocycles. The standard InChI is InChI=1S/C16H25FN2O/c1-4-19(14-7-5-6-13(17)12-14)15(20)8-9-16(2,3)10-11-18/h5-7,12H,4,8-11,18H2,1-3H3. The van der Waals surface area contributed by atoms with Gasteiger partial charge in [0.15, 0.2) is 0 Å². The Hall–Kier alpha value is -1.42. The molecule has 0 aliphatic carbocycles. The number of anilines is 1. The minimum absolute atomic E-state index is 0.0307. The molecule has 0 unspecified atom stereocenters. The van der Waals surface area contributed by atoms with Crippen molar-refractivity contribution in [2.75, 3.05) is 18.0 Å². The Morgan fingerprint density at radius 2 is 2.05 bits per heavy atom. The molecule has 0 fully saturated rings. The molecule has 1 aromatic rings. The van der Waals surface area contributed by atoms with Crippen LogP contribution >= 0.6 is 0 Å². The summed E-state index contributed by atoms with van der Waals surface area (Å²) in [5.41, 5.74) is 6.26. The smallest absolute Gasteiger partial charge is 0.226 e. The largest absolute Gasteiger partial charge is 0.330 e. The Labute approximate surface area is 121 Å². The van der Waals surface area contributed by atoms with E-state index >= 15 is 0 Å². The second-order valence-corrected chi connectivity index (χ2v) is 5.82. The normalized spacial score (nSPS) is 11.4. The van der Waals surface area contributed by atoms with Gasteiger partial charge in [-0.05, 0) is 49.9 Å². The first kappa shape index (κ1) is 16.6. The van der Waals surface area contributed by atoms with Crippen molar-refractivity contribution in [3.63, 3.8) is 0 Å². The fourth-order valence-corrected chi connectivity index (χ4v) is 2.24. The van der Waals surface area contributed by atoms with Crippen molar-refractivity contribution >= 4 is 11.6 Å². The van der Waals surface area contributed by atoms with Gasteiger partial charge in [0.2, 0.25) is 5.91 Å². The number of amides is 1. The molecule has 1 amide bonds. The number of nitrogens with zero attached hydrogens (tertiary/aromatic N) is 1. The Kier molecular flexibility index (Phi) is 6.14. The Balaban J connectivity index is 2.69.